The quantitative estimate of drug-likeness (QED) is 0.654. The number of alkyl halides is 2. The summed E-state index contributed by atoms with van der Waals surface area (Å²) >= 11 is 0. The maximum absolute atomic E-state index is 13.7. The lowest BCUT2D eigenvalue weighted by Gasteiger charge is -2.34. The number of rotatable bonds is 2. The van der Waals surface area contributed by atoms with Crippen molar-refractivity contribution in [1.29, 1.82) is 0 Å². The van der Waals surface area contributed by atoms with Gasteiger partial charge in [-0.2, -0.15) is 4.90 Å². The molecule has 1 fully saturated rings. The minimum Gasteiger partial charge on any atom is -0.443 e. The summed E-state index contributed by atoms with van der Waals surface area (Å²) in [6.07, 6.45) is 0.443. The van der Waals surface area contributed by atoms with E-state index in [0.29, 0.717) is 11.3 Å². The lowest BCUT2D eigenvalue weighted by Crippen LogP contribution is -2.44. The smallest absolute Gasteiger partial charge is 0.424 e. The predicted molar refractivity (Wildman–Crippen MR) is 114 cm³/mol. The van der Waals surface area contributed by atoms with Crippen LogP contribution in [0.5, 0.6) is 0 Å². The van der Waals surface area contributed by atoms with Crippen molar-refractivity contribution in [2.45, 2.75) is 71.5 Å². The highest BCUT2D eigenvalue weighted by molar-refractivity contribution is 6.10. The van der Waals surface area contributed by atoms with Crippen molar-refractivity contribution in [3.05, 3.63) is 18.6 Å². The van der Waals surface area contributed by atoms with Gasteiger partial charge in [0.15, 0.2) is 5.65 Å². The second-order valence-corrected chi connectivity index (χ2v) is 9.78. The molecule has 0 aromatic carbocycles. The average molecular weight is 453 g/mol. The standard InChI is InChI=1S/C21H29F2N5O4/c1-19(2,3)31-17(29)28(18(30)32-20(4,5)6)14-11-15(16-25-24-13-27(16)12-14)26-9-7-21(22,23)8-10-26/h11-13H,7-10H2,1-6H3. The van der Waals surface area contributed by atoms with Gasteiger partial charge in [0.1, 0.15) is 17.5 Å². The third-order valence-corrected chi connectivity index (χ3v) is 4.60. The highest BCUT2D eigenvalue weighted by Gasteiger charge is 2.37. The van der Waals surface area contributed by atoms with Gasteiger partial charge < -0.3 is 14.4 Å². The molecular formula is C21H29F2N5O4. The first-order valence-corrected chi connectivity index (χ1v) is 10.4. The minimum atomic E-state index is -2.73. The van der Waals surface area contributed by atoms with Crippen LogP contribution in [-0.2, 0) is 9.47 Å². The van der Waals surface area contributed by atoms with Crippen LogP contribution in [0.4, 0.5) is 29.7 Å². The van der Waals surface area contributed by atoms with Crippen LogP contribution in [0.25, 0.3) is 5.65 Å². The number of carbonyl (C=O) groups is 2. The zero-order chi connectivity index (χ0) is 23.9. The number of hydrogen-bond acceptors (Lipinski definition) is 7. The summed E-state index contributed by atoms with van der Waals surface area (Å²) < 4.78 is 39.8. The Kier molecular flexibility index (Phi) is 6.05. The van der Waals surface area contributed by atoms with Gasteiger partial charge in [-0.05, 0) is 47.6 Å². The molecule has 2 aromatic rings. The summed E-state index contributed by atoms with van der Waals surface area (Å²) in [6.45, 7) is 10.3. The SMILES string of the molecule is CC(C)(C)OC(=O)N(C(=O)OC(C)(C)C)c1cc(N2CCC(F)(F)CC2)c2nncn2c1. The van der Waals surface area contributed by atoms with Gasteiger partial charge in [-0.3, -0.25) is 4.40 Å². The lowest BCUT2D eigenvalue weighted by atomic mass is 10.1. The van der Waals surface area contributed by atoms with Crippen LogP contribution in [0.3, 0.4) is 0 Å². The van der Waals surface area contributed by atoms with E-state index < -0.39 is 29.3 Å². The summed E-state index contributed by atoms with van der Waals surface area (Å²) in [7, 11) is 0. The van der Waals surface area contributed by atoms with Gasteiger partial charge in [0, 0.05) is 32.1 Å². The van der Waals surface area contributed by atoms with Crippen molar-refractivity contribution in [1.82, 2.24) is 14.6 Å². The fraction of sp³-hybridized carbons (Fsp3) is 0.619. The molecule has 1 aliphatic rings. The number of hydrogen-bond donors (Lipinski definition) is 0. The number of nitrogens with zero attached hydrogens (tertiary/aromatic N) is 5. The van der Waals surface area contributed by atoms with Crippen molar-refractivity contribution >= 4 is 29.2 Å². The molecule has 0 bridgehead atoms. The Hall–Kier alpha value is -2.98. The molecule has 0 saturated carbocycles. The van der Waals surface area contributed by atoms with E-state index >= 15 is 0 Å². The molecule has 9 nitrogen and oxygen atoms in total. The topological polar surface area (TPSA) is 89.3 Å². The summed E-state index contributed by atoms with van der Waals surface area (Å²) in [6, 6.07) is 1.54. The molecule has 32 heavy (non-hydrogen) atoms. The molecule has 3 rings (SSSR count). The molecule has 2 amide bonds. The first-order chi connectivity index (χ1) is 14.7. The fourth-order valence-electron chi connectivity index (χ4n) is 3.24. The Balaban J connectivity index is 2.06. The van der Waals surface area contributed by atoms with Crippen molar-refractivity contribution in [2.75, 3.05) is 22.9 Å². The summed E-state index contributed by atoms with van der Waals surface area (Å²) in [5.74, 6) is -2.73. The average Bonchev–Trinajstić information content (AvgIpc) is 3.06. The lowest BCUT2D eigenvalue weighted by molar-refractivity contribution is -0.0220. The maximum atomic E-state index is 13.7. The Morgan fingerprint density at radius 3 is 2.06 bits per heavy atom. The fourth-order valence-corrected chi connectivity index (χ4v) is 3.24. The Bertz CT molecular complexity index is 972. The van der Waals surface area contributed by atoms with E-state index in [2.05, 4.69) is 10.2 Å². The van der Waals surface area contributed by atoms with Gasteiger partial charge >= 0.3 is 12.2 Å². The van der Waals surface area contributed by atoms with Gasteiger partial charge in [0.25, 0.3) is 5.92 Å². The minimum absolute atomic E-state index is 0.0951. The molecule has 0 aliphatic carbocycles. The van der Waals surface area contributed by atoms with Crippen LogP contribution in [0.1, 0.15) is 54.4 Å². The Morgan fingerprint density at radius 1 is 1.03 bits per heavy atom. The molecule has 0 spiro atoms. The highest BCUT2D eigenvalue weighted by Crippen LogP contribution is 2.34. The second-order valence-electron chi connectivity index (χ2n) is 9.78. The number of aromatic nitrogens is 3. The molecule has 2 aromatic heterocycles. The van der Waals surface area contributed by atoms with E-state index in [4.69, 9.17) is 9.47 Å². The molecule has 11 heteroatoms. The normalized spacial score (nSPS) is 16.7. The van der Waals surface area contributed by atoms with Gasteiger partial charge in [-0.15, -0.1) is 10.2 Å². The number of halogens is 2. The number of pyridine rings is 1. The molecule has 1 saturated heterocycles. The molecule has 1 aliphatic heterocycles. The monoisotopic (exact) mass is 453 g/mol. The third kappa shape index (κ3) is 5.63. The van der Waals surface area contributed by atoms with Crippen molar-refractivity contribution in [3.63, 3.8) is 0 Å². The van der Waals surface area contributed by atoms with Crippen molar-refractivity contribution in [3.8, 4) is 0 Å². The number of carbonyl (C=O) groups excluding carboxylic acids is 2. The second kappa shape index (κ2) is 8.18. The number of ether oxygens (including phenoxy) is 2. The van der Waals surface area contributed by atoms with Crippen LogP contribution < -0.4 is 9.80 Å². The van der Waals surface area contributed by atoms with Gasteiger partial charge in [-0.1, -0.05) is 0 Å². The van der Waals surface area contributed by atoms with Crippen LogP contribution in [-0.4, -0.2) is 57.0 Å². The van der Waals surface area contributed by atoms with Gasteiger partial charge in [0.2, 0.25) is 0 Å². The van der Waals surface area contributed by atoms with Gasteiger partial charge in [-0.25, -0.2) is 18.4 Å². The van der Waals surface area contributed by atoms with Crippen LogP contribution in [0, 0.1) is 0 Å². The first kappa shape index (κ1) is 23.7. The number of fused-ring (bicyclic) bond motifs is 1. The largest absolute Gasteiger partial charge is 0.443 e. The van der Waals surface area contributed by atoms with E-state index in [9.17, 15) is 18.4 Å². The van der Waals surface area contributed by atoms with Crippen LogP contribution >= 0.6 is 0 Å². The molecule has 176 valence electrons. The summed E-state index contributed by atoms with van der Waals surface area (Å²) in [5, 5.41) is 7.95. The maximum Gasteiger partial charge on any atom is 0.424 e. The third-order valence-electron chi connectivity index (χ3n) is 4.60. The Labute approximate surface area is 185 Å². The highest BCUT2D eigenvalue weighted by atomic mass is 19.3. The molecule has 3 heterocycles. The number of anilines is 2. The molecule has 0 radical (unpaired) electrons. The zero-order valence-corrected chi connectivity index (χ0v) is 19.2. The molecule has 0 unspecified atom stereocenters. The van der Waals surface area contributed by atoms with Crippen molar-refractivity contribution in [2.24, 2.45) is 0 Å². The van der Waals surface area contributed by atoms with E-state index in [-0.39, 0.29) is 31.6 Å². The van der Waals surface area contributed by atoms with E-state index in [1.807, 2.05) is 0 Å². The summed E-state index contributed by atoms with van der Waals surface area (Å²) in [5.41, 5.74) is -0.675. The van der Waals surface area contributed by atoms with Crippen molar-refractivity contribution < 1.29 is 27.8 Å². The van der Waals surface area contributed by atoms with Gasteiger partial charge in [0.05, 0.1) is 11.4 Å². The Morgan fingerprint density at radius 2 is 1.56 bits per heavy atom. The molecule has 0 atom stereocenters. The molecular weight excluding hydrogens is 424 g/mol. The summed E-state index contributed by atoms with van der Waals surface area (Å²) in [4.78, 5) is 28.5. The van der Waals surface area contributed by atoms with E-state index in [1.54, 1.807) is 52.5 Å². The van der Waals surface area contributed by atoms with E-state index in [1.165, 1.54) is 16.9 Å². The number of piperidine rings is 1. The van der Waals surface area contributed by atoms with Crippen LogP contribution in [0.15, 0.2) is 18.6 Å². The number of amides is 2. The number of imide groups is 1. The zero-order valence-electron chi connectivity index (χ0n) is 19.2. The van der Waals surface area contributed by atoms with Crippen LogP contribution in [0.2, 0.25) is 0 Å². The first-order valence-electron chi connectivity index (χ1n) is 10.4. The van der Waals surface area contributed by atoms with E-state index in [0.717, 1.165) is 4.90 Å². The molecule has 0 N–H and O–H groups in total. The predicted octanol–water partition coefficient (Wildman–Crippen LogP) is 4.64.